The third-order valence-electron chi connectivity index (χ3n) is 3.54. The van der Waals surface area contributed by atoms with Gasteiger partial charge in [-0.2, -0.15) is 0 Å². The molecular formula is C16H15FN4O4S. The maximum Gasteiger partial charge on any atom is 0.326 e. The second-order valence-electron chi connectivity index (χ2n) is 5.25. The molecule has 3 aromatic rings. The van der Waals surface area contributed by atoms with Gasteiger partial charge in [-0.1, -0.05) is 0 Å². The Kier molecular flexibility index (Phi) is 4.85. The van der Waals surface area contributed by atoms with Crippen molar-refractivity contribution in [2.75, 3.05) is 17.5 Å². The summed E-state index contributed by atoms with van der Waals surface area (Å²) in [6.45, 7) is 1.19. The fraction of sp³-hybridized carbons (Fsp3) is 0.188. The van der Waals surface area contributed by atoms with Crippen LogP contribution in [0.1, 0.15) is 6.92 Å². The van der Waals surface area contributed by atoms with Crippen LogP contribution in [0.5, 0.6) is 0 Å². The van der Waals surface area contributed by atoms with E-state index in [0.717, 1.165) is 16.4 Å². The zero-order valence-electron chi connectivity index (χ0n) is 13.7. The van der Waals surface area contributed by atoms with E-state index in [0.29, 0.717) is 5.65 Å². The standard InChI is InChI=1S/C16H15FN4O4S/c1-2-25-16(22)10-21(13-5-3-12(17)4-6-13)26(23,24)14-7-8-15-19-18-11-20(15)9-14/h3-9,11H,2,10H2,1H3. The van der Waals surface area contributed by atoms with Gasteiger partial charge in [-0.05, 0) is 43.3 Å². The van der Waals surface area contributed by atoms with Crippen LogP contribution < -0.4 is 4.31 Å². The number of hydrogen-bond donors (Lipinski definition) is 0. The number of fused-ring (bicyclic) bond motifs is 1. The number of sulfonamides is 1. The number of esters is 1. The Labute approximate surface area is 148 Å². The lowest BCUT2D eigenvalue weighted by Gasteiger charge is -2.23. The molecule has 0 saturated carbocycles. The van der Waals surface area contributed by atoms with Crippen LogP contribution in [0.3, 0.4) is 0 Å². The van der Waals surface area contributed by atoms with Gasteiger partial charge in [0.05, 0.1) is 12.3 Å². The lowest BCUT2D eigenvalue weighted by Crippen LogP contribution is -2.36. The average Bonchev–Trinajstić information content (AvgIpc) is 3.08. The van der Waals surface area contributed by atoms with Crippen LogP contribution in [0.15, 0.2) is 53.8 Å². The number of pyridine rings is 1. The van der Waals surface area contributed by atoms with Gasteiger partial charge in [0.2, 0.25) is 0 Å². The van der Waals surface area contributed by atoms with E-state index >= 15 is 0 Å². The normalized spacial score (nSPS) is 11.5. The molecule has 136 valence electrons. The fourth-order valence-electron chi connectivity index (χ4n) is 2.33. The molecule has 2 heterocycles. The first-order valence-electron chi connectivity index (χ1n) is 7.65. The van der Waals surface area contributed by atoms with Crippen molar-refractivity contribution in [3.63, 3.8) is 0 Å². The molecule has 0 radical (unpaired) electrons. The minimum atomic E-state index is -4.12. The number of halogens is 1. The zero-order valence-corrected chi connectivity index (χ0v) is 14.6. The minimum absolute atomic E-state index is 0.0709. The van der Waals surface area contributed by atoms with Gasteiger partial charge in [0, 0.05) is 6.20 Å². The van der Waals surface area contributed by atoms with E-state index in [4.69, 9.17) is 4.74 Å². The number of ether oxygens (including phenoxy) is 1. The summed E-state index contributed by atoms with van der Waals surface area (Å²) < 4.78 is 46.6. The van der Waals surface area contributed by atoms with Gasteiger partial charge in [0.1, 0.15) is 23.6 Å². The van der Waals surface area contributed by atoms with Crippen molar-refractivity contribution >= 4 is 27.3 Å². The fourth-order valence-corrected chi connectivity index (χ4v) is 3.75. The number of nitrogens with zero attached hydrogens (tertiary/aromatic N) is 4. The molecule has 0 unspecified atom stereocenters. The summed E-state index contributed by atoms with van der Waals surface area (Å²) in [6.07, 6.45) is 2.70. The molecule has 2 aromatic heterocycles. The monoisotopic (exact) mass is 378 g/mol. The molecule has 0 bridgehead atoms. The molecule has 1 aromatic carbocycles. The predicted molar refractivity (Wildman–Crippen MR) is 90.6 cm³/mol. The first-order valence-corrected chi connectivity index (χ1v) is 9.09. The third-order valence-corrected chi connectivity index (χ3v) is 5.30. The molecule has 26 heavy (non-hydrogen) atoms. The van der Waals surface area contributed by atoms with Crippen molar-refractivity contribution in [2.45, 2.75) is 11.8 Å². The second-order valence-corrected chi connectivity index (χ2v) is 7.12. The number of rotatable bonds is 6. The molecule has 10 heteroatoms. The summed E-state index contributed by atoms with van der Waals surface area (Å²) in [5.41, 5.74) is 0.617. The lowest BCUT2D eigenvalue weighted by molar-refractivity contribution is -0.141. The highest BCUT2D eigenvalue weighted by molar-refractivity contribution is 7.92. The van der Waals surface area contributed by atoms with E-state index in [9.17, 15) is 17.6 Å². The summed E-state index contributed by atoms with van der Waals surface area (Å²) in [4.78, 5) is 11.8. The highest BCUT2D eigenvalue weighted by atomic mass is 32.2. The molecular weight excluding hydrogens is 363 g/mol. The molecule has 0 fully saturated rings. The van der Waals surface area contributed by atoms with Gasteiger partial charge >= 0.3 is 5.97 Å². The van der Waals surface area contributed by atoms with Gasteiger partial charge in [0.25, 0.3) is 10.0 Å². The molecule has 0 aliphatic rings. The number of hydrogen-bond acceptors (Lipinski definition) is 6. The van der Waals surface area contributed by atoms with Crippen molar-refractivity contribution in [1.29, 1.82) is 0 Å². The van der Waals surface area contributed by atoms with E-state index in [1.54, 1.807) is 6.92 Å². The van der Waals surface area contributed by atoms with Crippen molar-refractivity contribution in [3.05, 3.63) is 54.7 Å². The summed E-state index contributed by atoms with van der Waals surface area (Å²) in [6, 6.07) is 7.65. The van der Waals surface area contributed by atoms with Crippen LogP contribution in [0.25, 0.3) is 5.65 Å². The molecule has 0 N–H and O–H groups in total. The zero-order chi connectivity index (χ0) is 18.7. The Balaban J connectivity index is 2.05. The highest BCUT2D eigenvalue weighted by Crippen LogP contribution is 2.24. The Morgan fingerprint density at radius 1 is 1.23 bits per heavy atom. The SMILES string of the molecule is CCOC(=O)CN(c1ccc(F)cc1)S(=O)(=O)c1ccc2nncn2c1. The summed E-state index contributed by atoms with van der Waals surface area (Å²) in [5.74, 6) is -1.24. The molecule has 0 spiro atoms. The lowest BCUT2D eigenvalue weighted by atomic mass is 10.3. The molecule has 8 nitrogen and oxygen atoms in total. The molecule has 3 rings (SSSR count). The summed E-state index contributed by atoms with van der Waals surface area (Å²) in [7, 11) is -4.12. The number of carbonyl (C=O) groups excluding carboxylic acids is 1. The molecule has 0 amide bonds. The minimum Gasteiger partial charge on any atom is -0.465 e. The van der Waals surface area contributed by atoms with Gasteiger partial charge in [-0.25, -0.2) is 12.8 Å². The van der Waals surface area contributed by atoms with Gasteiger partial charge < -0.3 is 4.74 Å². The van der Waals surface area contributed by atoms with E-state index in [2.05, 4.69) is 10.2 Å². The molecule has 0 aliphatic heterocycles. The Morgan fingerprint density at radius 2 is 1.96 bits per heavy atom. The van der Waals surface area contributed by atoms with E-state index < -0.39 is 28.4 Å². The van der Waals surface area contributed by atoms with Crippen LogP contribution in [0.2, 0.25) is 0 Å². The summed E-state index contributed by atoms with van der Waals surface area (Å²) >= 11 is 0. The number of aromatic nitrogens is 3. The number of carbonyl (C=O) groups is 1. The average molecular weight is 378 g/mol. The predicted octanol–water partition coefficient (Wildman–Crippen LogP) is 1.63. The van der Waals surface area contributed by atoms with Crippen molar-refractivity contribution in [1.82, 2.24) is 14.6 Å². The Bertz CT molecular complexity index is 1030. The first-order chi connectivity index (χ1) is 12.4. The topological polar surface area (TPSA) is 93.9 Å². The molecule has 0 aliphatic carbocycles. The van der Waals surface area contributed by atoms with E-state index in [-0.39, 0.29) is 17.2 Å². The quantitative estimate of drug-likeness (QED) is 0.605. The largest absolute Gasteiger partial charge is 0.465 e. The van der Waals surface area contributed by atoms with Crippen LogP contribution >= 0.6 is 0 Å². The molecule has 0 atom stereocenters. The second kappa shape index (κ2) is 7.08. The van der Waals surface area contributed by atoms with Crippen LogP contribution in [0, 0.1) is 5.82 Å². The molecule has 0 saturated heterocycles. The van der Waals surface area contributed by atoms with Gasteiger partial charge in [-0.15, -0.1) is 10.2 Å². The van der Waals surface area contributed by atoms with Crippen LogP contribution in [0.4, 0.5) is 10.1 Å². The van der Waals surface area contributed by atoms with Crippen molar-refractivity contribution in [2.24, 2.45) is 0 Å². The van der Waals surface area contributed by atoms with Gasteiger partial charge in [-0.3, -0.25) is 13.5 Å². The smallest absolute Gasteiger partial charge is 0.326 e. The Hall–Kier alpha value is -3.01. The van der Waals surface area contributed by atoms with Crippen molar-refractivity contribution in [3.8, 4) is 0 Å². The number of benzene rings is 1. The van der Waals surface area contributed by atoms with E-state index in [1.807, 2.05) is 0 Å². The maximum absolute atomic E-state index is 13.2. The highest BCUT2D eigenvalue weighted by Gasteiger charge is 2.28. The third kappa shape index (κ3) is 3.49. The van der Waals surface area contributed by atoms with E-state index in [1.165, 1.54) is 41.2 Å². The van der Waals surface area contributed by atoms with Crippen LogP contribution in [-0.2, 0) is 19.6 Å². The first kappa shape index (κ1) is 17.8. The van der Waals surface area contributed by atoms with Crippen molar-refractivity contribution < 1.29 is 22.3 Å². The Morgan fingerprint density at radius 3 is 2.65 bits per heavy atom. The van der Waals surface area contributed by atoms with Gasteiger partial charge in [0.15, 0.2) is 5.65 Å². The summed E-state index contributed by atoms with van der Waals surface area (Å²) in [5, 5.41) is 7.51. The number of anilines is 1. The van der Waals surface area contributed by atoms with Crippen LogP contribution in [-0.4, -0.2) is 42.1 Å². The maximum atomic E-state index is 13.2.